The van der Waals surface area contributed by atoms with Crippen LogP contribution in [0.1, 0.15) is 5.56 Å². The van der Waals surface area contributed by atoms with Crippen LogP contribution in [-0.4, -0.2) is 42.9 Å². The van der Waals surface area contributed by atoms with Gasteiger partial charge in [0.05, 0.1) is 0 Å². The van der Waals surface area contributed by atoms with E-state index >= 15 is 0 Å². The summed E-state index contributed by atoms with van der Waals surface area (Å²) in [6.45, 7) is 5.51. The van der Waals surface area contributed by atoms with Gasteiger partial charge in [-0.1, -0.05) is 6.07 Å². The van der Waals surface area contributed by atoms with E-state index in [0.29, 0.717) is 6.79 Å². The molecule has 0 amide bonds. The maximum atomic E-state index is 5.44. The molecule has 0 atom stereocenters. The number of hydrogen-bond donors (Lipinski definition) is 0. The number of thiazole rings is 1. The highest BCUT2D eigenvalue weighted by Gasteiger charge is 2.20. The fourth-order valence-electron chi connectivity index (χ4n) is 2.77. The molecule has 1 aromatic carbocycles. The monoisotopic (exact) mass is 303 g/mol. The Morgan fingerprint density at radius 3 is 2.76 bits per heavy atom. The topological polar surface area (TPSA) is 37.8 Å². The Kier molecular flexibility index (Phi) is 3.40. The van der Waals surface area contributed by atoms with E-state index < -0.39 is 0 Å². The highest BCUT2D eigenvalue weighted by Crippen LogP contribution is 2.33. The summed E-state index contributed by atoms with van der Waals surface area (Å²) < 4.78 is 10.8. The van der Waals surface area contributed by atoms with Gasteiger partial charge in [0.25, 0.3) is 0 Å². The fraction of sp³-hybridized carbons (Fsp3) is 0.400. The summed E-state index contributed by atoms with van der Waals surface area (Å²) in [5.74, 6) is 1.72. The number of fused-ring (bicyclic) bond motifs is 1. The Morgan fingerprint density at radius 2 is 1.95 bits per heavy atom. The van der Waals surface area contributed by atoms with Gasteiger partial charge in [-0.2, -0.15) is 0 Å². The lowest BCUT2D eigenvalue weighted by Gasteiger charge is -2.34. The van der Waals surface area contributed by atoms with Crippen molar-refractivity contribution < 1.29 is 9.47 Å². The summed E-state index contributed by atoms with van der Waals surface area (Å²) in [4.78, 5) is 9.22. The first-order valence-corrected chi connectivity index (χ1v) is 8.02. The third-order valence-corrected chi connectivity index (χ3v) is 4.74. The molecule has 110 valence electrons. The van der Waals surface area contributed by atoms with Gasteiger partial charge in [0.2, 0.25) is 6.79 Å². The largest absolute Gasteiger partial charge is 0.454 e. The molecule has 0 spiro atoms. The molecular weight excluding hydrogens is 286 g/mol. The van der Waals surface area contributed by atoms with Crippen LogP contribution < -0.4 is 14.4 Å². The molecule has 0 saturated carbocycles. The molecule has 1 aromatic heterocycles. The number of hydrogen-bond acceptors (Lipinski definition) is 6. The summed E-state index contributed by atoms with van der Waals surface area (Å²) in [5.41, 5.74) is 1.28. The molecule has 0 bridgehead atoms. The number of benzene rings is 1. The minimum atomic E-state index is 0.339. The summed E-state index contributed by atoms with van der Waals surface area (Å²) in [6, 6.07) is 6.22. The second kappa shape index (κ2) is 5.54. The number of rotatable bonds is 3. The van der Waals surface area contributed by atoms with Crippen molar-refractivity contribution in [2.45, 2.75) is 6.54 Å². The lowest BCUT2D eigenvalue weighted by Crippen LogP contribution is -2.45. The van der Waals surface area contributed by atoms with E-state index in [1.807, 2.05) is 17.6 Å². The van der Waals surface area contributed by atoms with Gasteiger partial charge in [0.15, 0.2) is 16.6 Å². The second-order valence-corrected chi connectivity index (χ2v) is 6.14. The van der Waals surface area contributed by atoms with Crippen molar-refractivity contribution in [2.75, 3.05) is 37.9 Å². The van der Waals surface area contributed by atoms with Gasteiger partial charge in [-0.25, -0.2) is 4.98 Å². The van der Waals surface area contributed by atoms with E-state index in [1.165, 1.54) is 5.56 Å². The van der Waals surface area contributed by atoms with Gasteiger partial charge in [-0.05, 0) is 17.7 Å². The second-order valence-electron chi connectivity index (χ2n) is 5.27. The zero-order chi connectivity index (χ0) is 14.1. The predicted molar refractivity (Wildman–Crippen MR) is 82.2 cm³/mol. The summed E-state index contributed by atoms with van der Waals surface area (Å²) in [5, 5.41) is 3.17. The average Bonchev–Trinajstić information content (AvgIpc) is 3.19. The standard InChI is InChI=1S/C15H17N3O2S/c1-2-13-14(20-11-19-13)9-12(1)10-17-4-6-18(7-5-17)15-16-3-8-21-15/h1-3,8-9H,4-7,10-11H2. The maximum Gasteiger partial charge on any atom is 0.231 e. The van der Waals surface area contributed by atoms with Gasteiger partial charge in [-0.3, -0.25) is 4.90 Å². The van der Waals surface area contributed by atoms with Gasteiger partial charge in [0, 0.05) is 44.3 Å². The van der Waals surface area contributed by atoms with E-state index in [9.17, 15) is 0 Å². The van der Waals surface area contributed by atoms with Crippen molar-refractivity contribution in [1.29, 1.82) is 0 Å². The van der Waals surface area contributed by atoms with Gasteiger partial charge >= 0.3 is 0 Å². The fourth-order valence-corrected chi connectivity index (χ4v) is 3.46. The molecule has 0 radical (unpaired) electrons. The maximum absolute atomic E-state index is 5.44. The average molecular weight is 303 g/mol. The Hall–Kier alpha value is -1.79. The molecular formula is C15H17N3O2S. The molecule has 1 fully saturated rings. The Bertz CT molecular complexity index is 609. The highest BCUT2D eigenvalue weighted by molar-refractivity contribution is 7.13. The Labute approximate surface area is 127 Å². The molecule has 0 aliphatic carbocycles. The van der Waals surface area contributed by atoms with Crippen LogP contribution in [0.4, 0.5) is 5.13 Å². The minimum Gasteiger partial charge on any atom is -0.454 e. The van der Waals surface area contributed by atoms with Crippen LogP contribution in [0.15, 0.2) is 29.8 Å². The van der Waals surface area contributed by atoms with Crippen LogP contribution in [0.3, 0.4) is 0 Å². The first kappa shape index (κ1) is 12.9. The molecule has 21 heavy (non-hydrogen) atoms. The van der Waals surface area contributed by atoms with Crippen molar-refractivity contribution in [3.05, 3.63) is 35.3 Å². The molecule has 2 aromatic rings. The van der Waals surface area contributed by atoms with Crippen LogP contribution in [0.2, 0.25) is 0 Å². The smallest absolute Gasteiger partial charge is 0.231 e. The van der Waals surface area contributed by atoms with Crippen molar-refractivity contribution in [2.24, 2.45) is 0 Å². The van der Waals surface area contributed by atoms with Crippen LogP contribution >= 0.6 is 11.3 Å². The van der Waals surface area contributed by atoms with Crippen LogP contribution in [-0.2, 0) is 6.54 Å². The summed E-state index contributed by atoms with van der Waals surface area (Å²) in [6.07, 6.45) is 1.87. The zero-order valence-electron chi connectivity index (χ0n) is 11.7. The number of ether oxygens (including phenoxy) is 2. The highest BCUT2D eigenvalue weighted by atomic mass is 32.1. The van der Waals surface area contributed by atoms with Gasteiger partial charge < -0.3 is 14.4 Å². The zero-order valence-corrected chi connectivity index (χ0v) is 12.5. The molecule has 2 aliphatic heterocycles. The van der Waals surface area contributed by atoms with E-state index in [2.05, 4.69) is 26.9 Å². The van der Waals surface area contributed by atoms with E-state index in [1.54, 1.807) is 11.3 Å². The minimum absolute atomic E-state index is 0.339. The summed E-state index contributed by atoms with van der Waals surface area (Å²) >= 11 is 1.71. The third-order valence-electron chi connectivity index (χ3n) is 3.91. The van der Waals surface area contributed by atoms with Crippen LogP contribution in [0.25, 0.3) is 0 Å². The third kappa shape index (κ3) is 2.69. The predicted octanol–water partition coefficient (Wildman–Crippen LogP) is 2.19. The lowest BCUT2D eigenvalue weighted by molar-refractivity contribution is 0.174. The van der Waals surface area contributed by atoms with Gasteiger partial charge in [-0.15, -0.1) is 11.3 Å². The first-order valence-electron chi connectivity index (χ1n) is 7.14. The number of piperazine rings is 1. The number of nitrogens with zero attached hydrogens (tertiary/aromatic N) is 3. The van der Waals surface area contributed by atoms with E-state index in [4.69, 9.17) is 9.47 Å². The van der Waals surface area contributed by atoms with Gasteiger partial charge in [0.1, 0.15) is 0 Å². The number of anilines is 1. The molecule has 0 unspecified atom stereocenters. The van der Waals surface area contributed by atoms with Crippen LogP contribution in [0, 0.1) is 0 Å². The molecule has 0 N–H and O–H groups in total. The molecule has 5 nitrogen and oxygen atoms in total. The Balaban J connectivity index is 1.36. The van der Waals surface area contributed by atoms with Crippen molar-refractivity contribution in [3.8, 4) is 11.5 Å². The first-order chi connectivity index (χ1) is 10.4. The van der Waals surface area contributed by atoms with Crippen molar-refractivity contribution >= 4 is 16.5 Å². The SMILES string of the molecule is c1csc(N2CCN(Cc3ccc4c(c3)OCO4)CC2)n1. The molecule has 4 rings (SSSR count). The van der Waals surface area contributed by atoms with Crippen LogP contribution in [0.5, 0.6) is 11.5 Å². The number of aromatic nitrogens is 1. The summed E-state index contributed by atoms with van der Waals surface area (Å²) in [7, 11) is 0. The molecule has 6 heteroatoms. The molecule has 2 aliphatic rings. The molecule has 3 heterocycles. The quantitative estimate of drug-likeness (QED) is 0.869. The van der Waals surface area contributed by atoms with E-state index in [0.717, 1.165) is 49.4 Å². The van der Waals surface area contributed by atoms with Crippen molar-refractivity contribution in [3.63, 3.8) is 0 Å². The van der Waals surface area contributed by atoms with Crippen molar-refractivity contribution in [1.82, 2.24) is 9.88 Å². The normalized spacial score (nSPS) is 18.2. The molecule has 1 saturated heterocycles. The Morgan fingerprint density at radius 1 is 1.10 bits per heavy atom. The van der Waals surface area contributed by atoms with E-state index in [-0.39, 0.29) is 0 Å². The lowest BCUT2D eigenvalue weighted by atomic mass is 10.1.